The van der Waals surface area contributed by atoms with Crippen molar-refractivity contribution in [1.82, 2.24) is 0 Å². The van der Waals surface area contributed by atoms with Crippen LogP contribution >= 0.6 is 0 Å². The number of aryl methyl sites for hydroxylation is 2. The molecule has 2 rings (SSSR count). The van der Waals surface area contributed by atoms with Crippen LogP contribution in [0.2, 0.25) is 0 Å². The average molecular weight is 354 g/mol. The van der Waals surface area contributed by atoms with Gasteiger partial charge in [-0.25, -0.2) is 4.79 Å². The van der Waals surface area contributed by atoms with Gasteiger partial charge in [-0.15, -0.1) is 6.07 Å². The number of amides is 2. The van der Waals surface area contributed by atoms with Crippen LogP contribution in [0.25, 0.3) is 6.08 Å². The van der Waals surface area contributed by atoms with Gasteiger partial charge >= 0.3 is 6.03 Å². The number of anilines is 2. The zero-order valence-corrected chi connectivity index (χ0v) is 15.1. The molecule has 2 amide bonds. The van der Waals surface area contributed by atoms with E-state index in [0.29, 0.717) is 5.69 Å². The van der Waals surface area contributed by atoms with Gasteiger partial charge in [0.05, 0.1) is 0 Å². The molecule has 1 radical (unpaired) electrons. The van der Waals surface area contributed by atoms with Gasteiger partial charge in [-0.1, -0.05) is 31.3 Å². The van der Waals surface area contributed by atoms with Crippen molar-refractivity contribution < 1.29 is 37.5 Å². The first-order valence-electron chi connectivity index (χ1n) is 6.38. The van der Waals surface area contributed by atoms with Gasteiger partial charge in [0.2, 0.25) is 0 Å². The summed E-state index contributed by atoms with van der Waals surface area (Å²) in [6, 6.07) is 14.0. The third-order valence-electron chi connectivity index (χ3n) is 2.97. The third kappa shape index (κ3) is 5.11. The molecule has 0 unspecified atom stereocenters. The molecule has 0 bridgehead atoms. The van der Waals surface area contributed by atoms with Crippen LogP contribution in [0.5, 0.6) is 0 Å². The Hall–Kier alpha value is -1.45. The summed E-state index contributed by atoms with van der Waals surface area (Å²) in [6.07, 6.45) is 1.79. The Morgan fingerprint density at radius 2 is 1.81 bits per heavy atom. The van der Waals surface area contributed by atoms with Gasteiger partial charge in [0.1, 0.15) is 0 Å². The summed E-state index contributed by atoms with van der Waals surface area (Å²) in [7, 11) is 0. The van der Waals surface area contributed by atoms with Crippen LogP contribution in [0.3, 0.4) is 0 Å². The number of urea groups is 1. The quantitative estimate of drug-likeness (QED) is 0.789. The third-order valence-corrected chi connectivity index (χ3v) is 2.97. The van der Waals surface area contributed by atoms with Crippen LogP contribution in [0.4, 0.5) is 16.2 Å². The minimum absolute atomic E-state index is 0. The van der Waals surface area contributed by atoms with Crippen LogP contribution in [-0.4, -0.2) is 6.03 Å². The number of carbonyl (C=O) groups excluding carboxylic acids is 1. The Bertz CT molecular complexity index is 636. The Balaban J connectivity index is 0.00000220. The van der Waals surface area contributed by atoms with E-state index in [1.807, 2.05) is 44.2 Å². The number of benzene rings is 2. The topological polar surface area (TPSA) is 41.1 Å². The molecule has 3 nitrogen and oxygen atoms in total. The molecule has 0 atom stereocenters. The molecular formula is C17H17N2OY-. The molecule has 0 aromatic heterocycles. The fraction of sp³-hybridized carbons (Fsp3) is 0.118. The van der Waals surface area contributed by atoms with Gasteiger partial charge in [0.25, 0.3) is 0 Å². The normalized spacial score (nSPS) is 9.43. The molecule has 21 heavy (non-hydrogen) atoms. The molecule has 0 spiro atoms. The molecule has 4 heteroatoms. The molecule has 2 aromatic carbocycles. The van der Waals surface area contributed by atoms with Gasteiger partial charge < -0.3 is 10.6 Å². The smallest absolute Gasteiger partial charge is 0.312 e. The second-order valence-corrected chi connectivity index (χ2v) is 4.61. The van der Waals surface area contributed by atoms with Crippen molar-refractivity contribution in [3.05, 3.63) is 65.7 Å². The van der Waals surface area contributed by atoms with E-state index < -0.39 is 0 Å². The predicted molar refractivity (Wildman–Crippen MR) is 83.9 cm³/mol. The summed E-state index contributed by atoms with van der Waals surface area (Å²) in [4.78, 5) is 11.9. The van der Waals surface area contributed by atoms with Crippen molar-refractivity contribution in [2.45, 2.75) is 13.8 Å². The summed E-state index contributed by atoms with van der Waals surface area (Å²) in [5.41, 5.74) is 4.63. The van der Waals surface area contributed by atoms with E-state index in [1.54, 1.807) is 12.1 Å². The molecule has 0 aliphatic carbocycles. The minimum Gasteiger partial charge on any atom is -0.361 e. The van der Waals surface area contributed by atoms with Gasteiger partial charge in [-0.2, -0.15) is 23.8 Å². The van der Waals surface area contributed by atoms with E-state index in [4.69, 9.17) is 0 Å². The van der Waals surface area contributed by atoms with E-state index in [-0.39, 0.29) is 38.7 Å². The largest absolute Gasteiger partial charge is 0.361 e. The van der Waals surface area contributed by atoms with Gasteiger partial charge in [-0.3, -0.25) is 0 Å². The first-order chi connectivity index (χ1) is 9.58. The maximum Gasteiger partial charge on any atom is 0.312 e. The summed E-state index contributed by atoms with van der Waals surface area (Å²) in [6.45, 7) is 7.68. The van der Waals surface area contributed by atoms with Crippen LogP contribution in [0.1, 0.15) is 16.7 Å². The predicted octanol–water partition coefficient (Wildman–Crippen LogP) is 4.39. The summed E-state index contributed by atoms with van der Waals surface area (Å²) >= 11 is 0. The second-order valence-electron chi connectivity index (χ2n) is 4.61. The number of carbonyl (C=O) groups is 1. The fourth-order valence-corrected chi connectivity index (χ4v) is 1.86. The Kier molecular flexibility index (Phi) is 6.80. The number of hydrogen-bond donors (Lipinski definition) is 2. The molecule has 0 heterocycles. The SMILES string of the molecule is C=Cc1ccc(NC(=O)Nc2c[c-]c(C)cc2)cc1C.[Y]. The average Bonchev–Trinajstić information content (AvgIpc) is 2.41. The van der Waals surface area contributed by atoms with E-state index >= 15 is 0 Å². The van der Waals surface area contributed by atoms with Crippen LogP contribution < -0.4 is 10.6 Å². The van der Waals surface area contributed by atoms with E-state index in [2.05, 4.69) is 23.3 Å². The number of rotatable bonds is 3. The van der Waals surface area contributed by atoms with Crippen molar-refractivity contribution in [2.75, 3.05) is 10.6 Å². The maximum atomic E-state index is 11.9. The second kappa shape index (κ2) is 8.11. The van der Waals surface area contributed by atoms with Gasteiger partial charge in [-0.05, 0) is 30.2 Å². The van der Waals surface area contributed by atoms with Crippen molar-refractivity contribution in [2.24, 2.45) is 0 Å². The zero-order valence-electron chi connectivity index (χ0n) is 12.2. The van der Waals surface area contributed by atoms with Crippen molar-refractivity contribution in [1.29, 1.82) is 0 Å². The fourth-order valence-electron chi connectivity index (χ4n) is 1.86. The molecular weight excluding hydrogens is 337 g/mol. The Morgan fingerprint density at radius 3 is 2.38 bits per heavy atom. The van der Waals surface area contributed by atoms with Gasteiger partial charge in [0, 0.05) is 38.4 Å². The molecule has 2 aromatic rings. The summed E-state index contributed by atoms with van der Waals surface area (Å²) in [5.74, 6) is 0. The van der Waals surface area contributed by atoms with Crippen LogP contribution in [0.15, 0.2) is 43.0 Å². The molecule has 0 saturated carbocycles. The molecule has 0 fully saturated rings. The van der Waals surface area contributed by atoms with Gasteiger partial charge in [0.15, 0.2) is 0 Å². The van der Waals surface area contributed by atoms with Crippen molar-refractivity contribution >= 4 is 23.5 Å². The number of hydrogen-bond acceptors (Lipinski definition) is 1. The minimum atomic E-state index is -0.270. The summed E-state index contributed by atoms with van der Waals surface area (Å²) in [5, 5.41) is 5.56. The standard InChI is InChI=1S/C17H17N2O.Y/c1-4-14-7-10-16(11-13(14)3)19-17(20)18-15-8-5-12(2)6-9-15;/h4-5,7-11H,1H2,2-3H3,(H2,18,19,20);/q-1;. The Morgan fingerprint density at radius 1 is 1.14 bits per heavy atom. The maximum absolute atomic E-state index is 11.9. The van der Waals surface area contributed by atoms with Crippen molar-refractivity contribution in [3.8, 4) is 0 Å². The molecule has 0 aliphatic rings. The molecule has 0 aliphatic heterocycles. The van der Waals surface area contributed by atoms with Crippen LogP contribution in [0, 0.1) is 19.9 Å². The number of nitrogens with one attached hydrogen (secondary N) is 2. The molecule has 105 valence electrons. The summed E-state index contributed by atoms with van der Waals surface area (Å²) < 4.78 is 0. The van der Waals surface area contributed by atoms with E-state index in [0.717, 1.165) is 22.4 Å². The van der Waals surface area contributed by atoms with Crippen molar-refractivity contribution in [3.63, 3.8) is 0 Å². The first-order valence-corrected chi connectivity index (χ1v) is 6.38. The van der Waals surface area contributed by atoms with Crippen LogP contribution in [-0.2, 0) is 32.7 Å². The Labute approximate surface area is 150 Å². The monoisotopic (exact) mass is 354 g/mol. The molecule has 0 saturated heterocycles. The first kappa shape index (κ1) is 17.6. The molecule has 2 N–H and O–H groups in total. The van der Waals surface area contributed by atoms with E-state index in [1.165, 1.54) is 0 Å². The van der Waals surface area contributed by atoms with E-state index in [9.17, 15) is 4.79 Å². The zero-order chi connectivity index (χ0) is 14.5.